The van der Waals surface area contributed by atoms with Crippen LogP contribution in [0.25, 0.3) is 0 Å². The predicted octanol–water partition coefficient (Wildman–Crippen LogP) is 2.13. The number of hydrogen-bond acceptors (Lipinski definition) is 3. The second kappa shape index (κ2) is 8.04. The molecule has 0 radical (unpaired) electrons. The van der Waals surface area contributed by atoms with Crippen LogP contribution in [-0.4, -0.2) is 48.6 Å². The summed E-state index contributed by atoms with van der Waals surface area (Å²) in [7, 11) is 0. The number of para-hydroxylation sites is 1. The molecule has 0 atom stereocenters. The molecule has 1 aromatic rings. The first-order valence-corrected chi connectivity index (χ1v) is 8.24. The van der Waals surface area contributed by atoms with Crippen LogP contribution in [0.3, 0.4) is 0 Å². The van der Waals surface area contributed by atoms with Crippen LogP contribution in [0.15, 0.2) is 29.3 Å². The third kappa shape index (κ3) is 4.63. The molecule has 0 unspecified atom stereocenters. The average molecular weight is 293 g/mol. The van der Waals surface area contributed by atoms with Gasteiger partial charge in [0.2, 0.25) is 0 Å². The van der Waals surface area contributed by atoms with E-state index in [-0.39, 0.29) is 0 Å². The fourth-order valence-electron chi connectivity index (χ4n) is 2.05. The first kappa shape index (κ1) is 15.0. The van der Waals surface area contributed by atoms with Crippen LogP contribution in [0.4, 0.5) is 0 Å². The Labute approximate surface area is 125 Å². The van der Waals surface area contributed by atoms with Crippen molar-refractivity contribution in [3.63, 3.8) is 0 Å². The van der Waals surface area contributed by atoms with Crippen molar-refractivity contribution in [2.75, 3.05) is 37.7 Å². The summed E-state index contributed by atoms with van der Waals surface area (Å²) in [5.41, 5.74) is 7.16. The molecule has 2 rings (SSSR count). The van der Waals surface area contributed by atoms with Gasteiger partial charge >= 0.3 is 0 Å². The van der Waals surface area contributed by atoms with Gasteiger partial charge in [0.05, 0.1) is 6.61 Å². The quantitative estimate of drug-likeness (QED) is 0.513. The summed E-state index contributed by atoms with van der Waals surface area (Å²) in [6.07, 6.45) is 0.887. The molecule has 110 valence electrons. The normalized spacial score (nSPS) is 16.2. The van der Waals surface area contributed by atoms with E-state index < -0.39 is 0 Å². The number of thioether (sulfide) groups is 1. The third-order valence-corrected chi connectivity index (χ3v) is 4.20. The van der Waals surface area contributed by atoms with E-state index in [1.54, 1.807) is 0 Å². The zero-order chi connectivity index (χ0) is 14.2. The van der Waals surface area contributed by atoms with Crippen molar-refractivity contribution in [1.29, 1.82) is 0 Å². The number of aryl methyl sites for hydroxylation is 1. The highest BCUT2D eigenvalue weighted by molar-refractivity contribution is 7.99. The van der Waals surface area contributed by atoms with Crippen molar-refractivity contribution < 1.29 is 4.74 Å². The van der Waals surface area contributed by atoms with Gasteiger partial charge in [-0.3, -0.25) is 4.99 Å². The van der Waals surface area contributed by atoms with Gasteiger partial charge in [-0.25, -0.2) is 0 Å². The van der Waals surface area contributed by atoms with Crippen LogP contribution >= 0.6 is 11.8 Å². The number of benzene rings is 1. The number of nitrogens with zero attached hydrogens (tertiary/aromatic N) is 2. The van der Waals surface area contributed by atoms with Crippen LogP contribution in [0.5, 0.6) is 5.75 Å². The molecule has 0 spiro atoms. The lowest BCUT2D eigenvalue weighted by Crippen LogP contribution is -2.42. The molecule has 1 aromatic carbocycles. The molecule has 4 nitrogen and oxygen atoms in total. The smallest absolute Gasteiger partial charge is 0.191 e. The summed E-state index contributed by atoms with van der Waals surface area (Å²) in [4.78, 5) is 6.60. The minimum atomic E-state index is 0.678. The number of aliphatic imine (C=N–C) groups is 1. The zero-order valence-electron chi connectivity index (χ0n) is 12.0. The molecule has 0 saturated carbocycles. The van der Waals surface area contributed by atoms with Gasteiger partial charge in [0.25, 0.3) is 0 Å². The largest absolute Gasteiger partial charge is 0.493 e. The van der Waals surface area contributed by atoms with E-state index in [9.17, 15) is 0 Å². The molecular weight excluding hydrogens is 270 g/mol. The lowest BCUT2D eigenvalue weighted by Gasteiger charge is -2.27. The number of nitrogens with two attached hydrogens (primary N) is 1. The molecule has 1 fully saturated rings. The molecule has 1 saturated heterocycles. The molecule has 20 heavy (non-hydrogen) atoms. The Morgan fingerprint density at radius 3 is 2.85 bits per heavy atom. The molecule has 2 N–H and O–H groups in total. The maximum absolute atomic E-state index is 5.99. The lowest BCUT2D eigenvalue weighted by molar-refractivity contribution is 0.311. The van der Waals surface area contributed by atoms with Gasteiger partial charge < -0.3 is 15.4 Å². The Morgan fingerprint density at radius 1 is 1.35 bits per heavy atom. The fourth-order valence-corrected chi connectivity index (χ4v) is 2.95. The highest BCUT2D eigenvalue weighted by Crippen LogP contribution is 2.16. The number of guanidine groups is 1. The zero-order valence-corrected chi connectivity index (χ0v) is 12.9. The Bertz CT molecular complexity index is 444. The van der Waals surface area contributed by atoms with Gasteiger partial charge in [0, 0.05) is 37.6 Å². The predicted molar refractivity (Wildman–Crippen MR) is 86.7 cm³/mol. The number of hydrogen-bond donors (Lipinski definition) is 1. The first-order chi connectivity index (χ1) is 9.77. The van der Waals surface area contributed by atoms with E-state index in [0.717, 1.165) is 43.3 Å². The third-order valence-electron chi connectivity index (χ3n) is 3.26. The van der Waals surface area contributed by atoms with Crippen molar-refractivity contribution in [2.45, 2.75) is 13.3 Å². The minimum absolute atomic E-state index is 0.678. The first-order valence-electron chi connectivity index (χ1n) is 7.08. The van der Waals surface area contributed by atoms with Gasteiger partial charge in [0.15, 0.2) is 5.96 Å². The number of ether oxygens (including phenoxy) is 1. The molecule has 1 aliphatic rings. The summed E-state index contributed by atoms with van der Waals surface area (Å²) in [6, 6.07) is 8.06. The molecule has 0 aromatic heterocycles. The van der Waals surface area contributed by atoms with E-state index in [2.05, 4.69) is 22.9 Å². The second-order valence-corrected chi connectivity index (χ2v) is 6.03. The van der Waals surface area contributed by atoms with Gasteiger partial charge in [-0.05, 0) is 18.6 Å². The van der Waals surface area contributed by atoms with E-state index in [1.807, 2.05) is 30.0 Å². The van der Waals surface area contributed by atoms with Crippen LogP contribution in [0.2, 0.25) is 0 Å². The van der Waals surface area contributed by atoms with Crippen LogP contribution in [0.1, 0.15) is 12.0 Å². The Balaban J connectivity index is 1.67. The highest BCUT2D eigenvalue weighted by atomic mass is 32.2. The Morgan fingerprint density at radius 2 is 2.10 bits per heavy atom. The summed E-state index contributed by atoms with van der Waals surface area (Å²) >= 11 is 1.97. The van der Waals surface area contributed by atoms with E-state index in [0.29, 0.717) is 12.6 Å². The molecule has 0 aliphatic carbocycles. The minimum Gasteiger partial charge on any atom is -0.493 e. The van der Waals surface area contributed by atoms with E-state index in [4.69, 9.17) is 10.5 Å². The standard InChI is InChI=1S/C15H23N3OS/c1-13-5-2-3-6-14(13)19-10-4-7-17-15(16)18-8-11-20-12-9-18/h2-3,5-6H,4,7-12H2,1H3,(H2,16,17). The summed E-state index contributed by atoms with van der Waals surface area (Å²) < 4.78 is 5.74. The summed E-state index contributed by atoms with van der Waals surface area (Å²) in [5, 5.41) is 0. The fraction of sp³-hybridized carbons (Fsp3) is 0.533. The average Bonchev–Trinajstić information content (AvgIpc) is 2.49. The Hall–Kier alpha value is -1.36. The van der Waals surface area contributed by atoms with Crippen molar-refractivity contribution >= 4 is 17.7 Å². The lowest BCUT2D eigenvalue weighted by atomic mass is 10.2. The van der Waals surface area contributed by atoms with Crippen molar-refractivity contribution in [1.82, 2.24) is 4.90 Å². The monoisotopic (exact) mass is 293 g/mol. The van der Waals surface area contributed by atoms with Crippen molar-refractivity contribution in [3.05, 3.63) is 29.8 Å². The van der Waals surface area contributed by atoms with Gasteiger partial charge in [0.1, 0.15) is 5.75 Å². The molecule has 1 heterocycles. The molecule has 1 aliphatic heterocycles. The summed E-state index contributed by atoms with van der Waals surface area (Å²) in [6.45, 7) is 5.48. The van der Waals surface area contributed by atoms with E-state index >= 15 is 0 Å². The second-order valence-electron chi connectivity index (χ2n) is 4.81. The topological polar surface area (TPSA) is 50.9 Å². The van der Waals surface area contributed by atoms with Crippen molar-refractivity contribution in [3.8, 4) is 5.75 Å². The van der Waals surface area contributed by atoms with Crippen LogP contribution in [-0.2, 0) is 0 Å². The maximum atomic E-state index is 5.99. The van der Waals surface area contributed by atoms with Crippen LogP contribution < -0.4 is 10.5 Å². The van der Waals surface area contributed by atoms with Crippen molar-refractivity contribution in [2.24, 2.45) is 10.7 Å². The molecule has 0 bridgehead atoms. The van der Waals surface area contributed by atoms with Gasteiger partial charge in [-0.15, -0.1) is 0 Å². The van der Waals surface area contributed by atoms with Gasteiger partial charge in [-0.1, -0.05) is 18.2 Å². The Kier molecular flexibility index (Phi) is 6.05. The SMILES string of the molecule is Cc1ccccc1OCCCN=C(N)N1CCSCC1. The summed E-state index contributed by atoms with van der Waals surface area (Å²) in [5.74, 6) is 3.93. The maximum Gasteiger partial charge on any atom is 0.191 e. The number of rotatable bonds is 5. The molecule has 5 heteroatoms. The molecular formula is C15H23N3OS. The van der Waals surface area contributed by atoms with E-state index in [1.165, 1.54) is 5.56 Å². The van der Waals surface area contributed by atoms with Crippen LogP contribution in [0, 0.1) is 6.92 Å². The molecule has 0 amide bonds. The van der Waals surface area contributed by atoms with Gasteiger partial charge in [-0.2, -0.15) is 11.8 Å². The highest BCUT2D eigenvalue weighted by Gasteiger charge is 2.11.